The molecular formula is C10H14N4S. The molecule has 0 aliphatic heterocycles. The summed E-state index contributed by atoms with van der Waals surface area (Å²) in [5.41, 5.74) is 5.79. The van der Waals surface area contributed by atoms with Gasteiger partial charge < -0.3 is 5.73 Å². The van der Waals surface area contributed by atoms with Gasteiger partial charge in [-0.2, -0.15) is 5.10 Å². The van der Waals surface area contributed by atoms with Gasteiger partial charge in [0.1, 0.15) is 17.7 Å². The molecule has 1 unspecified atom stereocenters. The van der Waals surface area contributed by atoms with Gasteiger partial charge in [0.05, 0.1) is 0 Å². The van der Waals surface area contributed by atoms with Gasteiger partial charge in [0.2, 0.25) is 0 Å². The Morgan fingerprint density at radius 3 is 2.80 bits per heavy atom. The minimum Gasteiger partial charge on any atom is -0.328 e. The Labute approximate surface area is 92.8 Å². The third-order valence-electron chi connectivity index (χ3n) is 2.30. The molecule has 4 nitrogen and oxygen atoms in total. The first-order valence-corrected chi connectivity index (χ1v) is 5.73. The number of hydrogen-bond donors (Lipinski definition) is 1. The maximum absolute atomic E-state index is 5.79. The third kappa shape index (κ3) is 1.93. The highest BCUT2D eigenvalue weighted by atomic mass is 32.1. The highest BCUT2D eigenvalue weighted by molar-refractivity contribution is 7.10. The van der Waals surface area contributed by atoms with E-state index in [2.05, 4.69) is 21.5 Å². The molecule has 0 saturated heterocycles. The molecule has 1 atom stereocenters. The Morgan fingerprint density at radius 1 is 1.53 bits per heavy atom. The second-order valence-corrected chi connectivity index (χ2v) is 4.40. The van der Waals surface area contributed by atoms with Crippen molar-refractivity contribution in [3.63, 3.8) is 0 Å². The van der Waals surface area contributed by atoms with Crippen LogP contribution in [0.1, 0.15) is 22.6 Å². The first-order chi connectivity index (χ1) is 7.22. The van der Waals surface area contributed by atoms with Crippen LogP contribution in [0.5, 0.6) is 0 Å². The predicted molar refractivity (Wildman–Crippen MR) is 61.0 cm³/mol. The maximum Gasteiger partial charge on any atom is 0.147 e. The fourth-order valence-corrected chi connectivity index (χ4v) is 2.47. The summed E-state index contributed by atoms with van der Waals surface area (Å²) in [5.74, 6) is 1.71. The summed E-state index contributed by atoms with van der Waals surface area (Å²) in [4.78, 5) is 5.52. The minimum atomic E-state index is 0.117. The van der Waals surface area contributed by atoms with Crippen LogP contribution in [0.2, 0.25) is 0 Å². The zero-order valence-electron chi connectivity index (χ0n) is 8.84. The molecule has 2 N–H and O–H groups in total. The van der Waals surface area contributed by atoms with E-state index in [0.29, 0.717) is 6.54 Å². The normalized spacial score (nSPS) is 13.0. The van der Waals surface area contributed by atoms with Crippen molar-refractivity contribution in [3.05, 3.63) is 34.0 Å². The topological polar surface area (TPSA) is 56.7 Å². The van der Waals surface area contributed by atoms with Crippen molar-refractivity contribution in [2.24, 2.45) is 5.73 Å². The fraction of sp³-hybridized carbons (Fsp3) is 0.400. The molecule has 2 aromatic rings. The number of thiophene rings is 1. The molecule has 0 spiro atoms. The van der Waals surface area contributed by atoms with Crippen molar-refractivity contribution in [2.45, 2.75) is 19.9 Å². The Morgan fingerprint density at radius 2 is 2.33 bits per heavy atom. The SMILES string of the molecule is Cc1nc(C)n(C(CN)c2cccs2)n1. The molecule has 0 bridgehead atoms. The van der Waals surface area contributed by atoms with E-state index in [9.17, 15) is 0 Å². The van der Waals surface area contributed by atoms with Crippen LogP contribution in [0, 0.1) is 13.8 Å². The molecule has 0 amide bonds. The van der Waals surface area contributed by atoms with Crippen molar-refractivity contribution in [2.75, 3.05) is 6.54 Å². The highest BCUT2D eigenvalue weighted by Crippen LogP contribution is 2.22. The molecular weight excluding hydrogens is 208 g/mol. The summed E-state index contributed by atoms with van der Waals surface area (Å²) in [5, 5.41) is 6.42. The molecule has 2 aromatic heterocycles. The lowest BCUT2D eigenvalue weighted by Crippen LogP contribution is -2.21. The van der Waals surface area contributed by atoms with Gasteiger partial charge in [0.25, 0.3) is 0 Å². The van der Waals surface area contributed by atoms with Gasteiger partial charge in [0.15, 0.2) is 0 Å². The molecule has 2 rings (SSSR count). The molecule has 5 heteroatoms. The molecule has 2 heterocycles. The molecule has 80 valence electrons. The standard InChI is InChI=1S/C10H14N4S/c1-7-12-8(2)14(13-7)9(6-11)10-4-3-5-15-10/h3-5,9H,6,11H2,1-2H3. The summed E-state index contributed by atoms with van der Waals surface area (Å²) < 4.78 is 1.90. The Balaban J connectivity index is 2.39. The summed E-state index contributed by atoms with van der Waals surface area (Å²) in [7, 11) is 0. The molecule has 15 heavy (non-hydrogen) atoms. The lowest BCUT2D eigenvalue weighted by Gasteiger charge is -2.14. The van der Waals surface area contributed by atoms with E-state index in [-0.39, 0.29) is 6.04 Å². The van der Waals surface area contributed by atoms with Crippen LogP contribution >= 0.6 is 11.3 Å². The number of nitrogens with zero attached hydrogens (tertiary/aromatic N) is 3. The third-order valence-corrected chi connectivity index (χ3v) is 3.27. The maximum atomic E-state index is 5.79. The fourth-order valence-electron chi connectivity index (χ4n) is 1.65. The van der Waals surface area contributed by atoms with Gasteiger partial charge in [-0.1, -0.05) is 6.07 Å². The van der Waals surface area contributed by atoms with Crippen LogP contribution in [0.4, 0.5) is 0 Å². The molecule has 0 fully saturated rings. The number of rotatable bonds is 3. The van der Waals surface area contributed by atoms with Crippen molar-refractivity contribution >= 4 is 11.3 Å². The second-order valence-electron chi connectivity index (χ2n) is 3.42. The number of nitrogens with two attached hydrogens (primary N) is 1. The summed E-state index contributed by atoms with van der Waals surface area (Å²) in [6, 6.07) is 4.23. The summed E-state index contributed by atoms with van der Waals surface area (Å²) in [6.07, 6.45) is 0. The van der Waals surface area contributed by atoms with Crippen LogP contribution in [0.3, 0.4) is 0 Å². The number of aromatic nitrogens is 3. The van der Waals surface area contributed by atoms with Gasteiger partial charge in [-0.3, -0.25) is 0 Å². The van der Waals surface area contributed by atoms with Gasteiger partial charge >= 0.3 is 0 Å². The van der Waals surface area contributed by atoms with Crippen molar-refractivity contribution in [1.82, 2.24) is 14.8 Å². The highest BCUT2D eigenvalue weighted by Gasteiger charge is 2.16. The van der Waals surface area contributed by atoms with E-state index < -0.39 is 0 Å². The Kier molecular flexibility index (Phi) is 2.83. The molecule has 0 aliphatic carbocycles. The average Bonchev–Trinajstić information content (AvgIpc) is 2.79. The van der Waals surface area contributed by atoms with Crippen LogP contribution in [-0.2, 0) is 0 Å². The molecule has 0 aromatic carbocycles. The smallest absolute Gasteiger partial charge is 0.147 e. The number of aryl methyl sites for hydroxylation is 2. The van der Waals surface area contributed by atoms with E-state index in [1.165, 1.54) is 4.88 Å². The zero-order chi connectivity index (χ0) is 10.8. The van der Waals surface area contributed by atoms with Gasteiger partial charge in [0, 0.05) is 11.4 Å². The van der Waals surface area contributed by atoms with Gasteiger partial charge in [-0.25, -0.2) is 9.67 Å². The van der Waals surface area contributed by atoms with Crippen molar-refractivity contribution in [1.29, 1.82) is 0 Å². The minimum absolute atomic E-state index is 0.117. The van der Waals surface area contributed by atoms with Crippen LogP contribution in [0.25, 0.3) is 0 Å². The van der Waals surface area contributed by atoms with Crippen molar-refractivity contribution < 1.29 is 0 Å². The predicted octanol–water partition coefficient (Wildman–Crippen LogP) is 1.50. The van der Waals surface area contributed by atoms with Crippen LogP contribution < -0.4 is 5.73 Å². The van der Waals surface area contributed by atoms with Gasteiger partial charge in [-0.15, -0.1) is 11.3 Å². The first kappa shape index (κ1) is 10.3. The quantitative estimate of drug-likeness (QED) is 0.856. The zero-order valence-corrected chi connectivity index (χ0v) is 9.66. The van der Waals surface area contributed by atoms with E-state index in [4.69, 9.17) is 5.73 Å². The Bertz CT molecular complexity index is 432. The molecule has 0 saturated carbocycles. The number of hydrogen-bond acceptors (Lipinski definition) is 4. The molecule has 0 aliphatic rings. The summed E-state index contributed by atoms with van der Waals surface area (Å²) >= 11 is 1.70. The summed E-state index contributed by atoms with van der Waals surface area (Å²) in [6.45, 7) is 4.39. The molecule has 0 radical (unpaired) electrons. The monoisotopic (exact) mass is 222 g/mol. The van der Waals surface area contributed by atoms with Crippen LogP contribution in [-0.4, -0.2) is 21.3 Å². The van der Waals surface area contributed by atoms with Crippen molar-refractivity contribution in [3.8, 4) is 0 Å². The Hall–Kier alpha value is -1.20. The van der Waals surface area contributed by atoms with E-state index in [0.717, 1.165) is 11.6 Å². The van der Waals surface area contributed by atoms with E-state index >= 15 is 0 Å². The van der Waals surface area contributed by atoms with Gasteiger partial charge in [-0.05, 0) is 25.3 Å². The lowest BCUT2D eigenvalue weighted by atomic mass is 10.2. The van der Waals surface area contributed by atoms with E-state index in [1.807, 2.05) is 24.6 Å². The average molecular weight is 222 g/mol. The largest absolute Gasteiger partial charge is 0.328 e. The first-order valence-electron chi connectivity index (χ1n) is 4.85. The van der Waals surface area contributed by atoms with Crippen LogP contribution in [0.15, 0.2) is 17.5 Å². The lowest BCUT2D eigenvalue weighted by molar-refractivity contribution is 0.522. The second kappa shape index (κ2) is 4.12. The van der Waals surface area contributed by atoms with E-state index in [1.54, 1.807) is 11.3 Å².